The largest absolute Gasteiger partial charge is 0.0804 e. The van der Waals surface area contributed by atoms with Crippen molar-refractivity contribution in [3.8, 4) is 0 Å². The van der Waals surface area contributed by atoms with E-state index >= 15 is 0 Å². The molecule has 0 N–H and O–H groups in total. The van der Waals surface area contributed by atoms with E-state index in [-0.39, 0.29) is 0 Å². The van der Waals surface area contributed by atoms with Crippen LogP contribution in [0.25, 0.3) is 5.57 Å². The molecule has 0 saturated carbocycles. The number of rotatable bonds is 0. The highest BCUT2D eigenvalue weighted by atomic mass is 14.2. The van der Waals surface area contributed by atoms with Crippen molar-refractivity contribution in [3.63, 3.8) is 0 Å². The van der Waals surface area contributed by atoms with Gasteiger partial charge in [0.05, 0.1) is 0 Å². The highest BCUT2D eigenvalue weighted by molar-refractivity contribution is 5.73. The Kier molecular flexibility index (Phi) is 2.22. The molecule has 0 nitrogen and oxygen atoms in total. The minimum atomic E-state index is 0.689. The molecule has 0 fully saturated rings. The molecule has 1 aliphatic rings. The molecular weight excluding hydrogens is 168 g/mol. The molecule has 1 aromatic rings. The van der Waals surface area contributed by atoms with Crippen LogP contribution in [0.3, 0.4) is 0 Å². The van der Waals surface area contributed by atoms with Crippen molar-refractivity contribution >= 4 is 5.57 Å². The summed E-state index contributed by atoms with van der Waals surface area (Å²) in [5.74, 6) is 0.689. The summed E-state index contributed by atoms with van der Waals surface area (Å²) in [7, 11) is 0. The number of benzene rings is 1. The van der Waals surface area contributed by atoms with Crippen molar-refractivity contribution in [2.45, 2.75) is 40.0 Å². The predicted molar refractivity (Wildman–Crippen MR) is 62.6 cm³/mol. The van der Waals surface area contributed by atoms with Crippen LogP contribution in [-0.4, -0.2) is 0 Å². The fraction of sp³-hybridized carbons (Fsp3) is 0.429. The predicted octanol–water partition coefficient (Wildman–Crippen LogP) is 4.21. The third-order valence-corrected chi connectivity index (χ3v) is 3.34. The van der Waals surface area contributed by atoms with E-state index in [9.17, 15) is 0 Å². The maximum absolute atomic E-state index is 2.37. The summed E-state index contributed by atoms with van der Waals surface area (Å²) in [5.41, 5.74) is 7.41. The molecule has 1 aromatic carbocycles. The molecule has 0 bridgehead atoms. The molecule has 0 heterocycles. The van der Waals surface area contributed by atoms with E-state index in [1.807, 2.05) is 0 Å². The molecule has 14 heavy (non-hydrogen) atoms. The lowest BCUT2D eigenvalue weighted by Crippen LogP contribution is -2.07. The molecule has 2 rings (SSSR count). The summed E-state index contributed by atoms with van der Waals surface area (Å²) in [6.07, 6.45) is 3.57. The van der Waals surface area contributed by atoms with Crippen molar-refractivity contribution in [1.29, 1.82) is 0 Å². The SMILES string of the molecule is CC1=CCC(C)c2c(C)ccc(C)c21. The summed E-state index contributed by atoms with van der Waals surface area (Å²) in [6, 6.07) is 4.49. The van der Waals surface area contributed by atoms with E-state index in [0.717, 1.165) is 0 Å². The summed E-state index contributed by atoms with van der Waals surface area (Å²) in [5, 5.41) is 0. The Morgan fingerprint density at radius 2 is 1.71 bits per heavy atom. The van der Waals surface area contributed by atoms with E-state index < -0.39 is 0 Å². The van der Waals surface area contributed by atoms with Crippen LogP contribution in [0.5, 0.6) is 0 Å². The van der Waals surface area contributed by atoms with Gasteiger partial charge in [0.1, 0.15) is 0 Å². The van der Waals surface area contributed by atoms with Gasteiger partial charge in [0.15, 0.2) is 0 Å². The highest BCUT2D eigenvalue weighted by Gasteiger charge is 2.19. The molecule has 0 heteroatoms. The molecule has 1 atom stereocenters. The molecule has 1 aliphatic carbocycles. The maximum Gasteiger partial charge on any atom is -0.0147 e. The lowest BCUT2D eigenvalue weighted by molar-refractivity contribution is 0.758. The number of hydrogen-bond acceptors (Lipinski definition) is 0. The van der Waals surface area contributed by atoms with Gasteiger partial charge < -0.3 is 0 Å². The fourth-order valence-corrected chi connectivity index (χ4v) is 2.56. The zero-order valence-corrected chi connectivity index (χ0v) is 9.52. The van der Waals surface area contributed by atoms with Crippen LogP contribution in [0.1, 0.15) is 48.4 Å². The van der Waals surface area contributed by atoms with Gasteiger partial charge in [0.25, 0.3) is 0 Å². The van der Waals surface area contributed by atoms with Gasteiger partial charge in [0, 0.05) is 0 Å². The van der Waals surface area contributed by atoms with E-state index in [4.69, 9.17) is 0 Å². The molecule has 0 aliphatic heterocycles. The van der Waals surface area contributed by atoms with Gasteiger partial charge >= 0.3 is 0 Å². The number of allylic oxidation sites excluding steroid dienone is 2. The van der Waals surface area contributed by atoms with Gasteiger partial charge in [-0.05, 0) is 60.9 Å². The third kappa shape index (κ3) is 1.30. The molecule has 74 valence electrons. The van der Waals surface area contributed by atoms with Crippen LogP contribution in [0.15, 0.2) is 18.2 Å². The molecule has 0 radical (unpaired) electrons. The highest BCUT2D eigenvalue weighted by Crippen LogP contribution is 2.37. The Bertz CT molecular complexity index is 397. The van der Waals surface area contributed by atoms with Crippen molar-refractivity contribution in [2.75, 3.05) is 0 Å². The molecule has 1 unspecified atom stereocenters. The van der Waals surface area contributed by atoms with Crippen LogP contribution in [0.4, 0.5) is 0 Å². The summed E-state index contributed by atoms with van der Waals surface area (Å²) in [6.45, 7) is 9.01. The molecule has 0 aromatic heterocycles. The van der Waals surface area contributed by atoms with Crippen LogP contribution in [-0.2, 0) is 0 Å². The number of fused-ring (bicyclic) bond motifs is 1. The summed E-state index contributed by atoms with van der Waals surface area (Å²) in [4.78, 5) is 0. The van der Waals surface area contributed by atoms with Gasteiger partial charge in [-0.2, -0.15) is 0 Å². The van der Waals surface area contributed by atoms with E-state index in [0.29, 0.717) is 5.92 Å². The Balaban J connectivity index is 2.74. The molecule has 0 saturated heterocycles. The monoisotopic (exact) mass is 186 g/mol. The smallest absolute Gasteiger partial charge is 0.0147 e. The van der Waals surface area contributed by atoms with Gasteiger partial charge in [-0.25, -0.2) is 0 Å². The first-order chi connectivity index (χ1) is 6.61. The second kappa shape index (κ2) is 3.27. The summed E-state index contributed by atoms with van der Waals surface area (Å²) < 4.78 is 0. The second-order valence-electron chi connectivity index (χ2n) is 4.51. The van der Waals surface area contributed by atoms with Gasteiger partial charge in [0.2, 0.25) is 0 Å². The fourth-order valence-electron chi connectivity index (χ4n) is 2.56. The van der Waals surface area contributed by atoms with Crippen LogP contribution >= 0.6 is 0 Å². The quantitative estimate of drug-likeness (QED) is 0.569. The van der Waals surface area contributed by atoms with Crippen molar-refractivity contribution < 1.29 is 0 Å². The zero-order chi connectivity index (χ0) is 10.3. The standard InChI is InChI=1S/C14H18/c1-9-5-6-11(3)14-12(4)8-7-10(2)13(9)14/h5-7,12H,8H2,1-4H3. The summed E-state index contributed by atoms with van der Waals surface area (Å²) >= 11 is 0. The third-order valence-electron chi connectivity index (χ3n) is 3.34. The van der Waals surface area contributed by atoms with Crippen LogP contribution < -0.4 is 0 Å². The second-order valence-corrected chi connectivity index (χ2v) is 4.51. The lowest BCUT2D eigenvalue weighted by Gasteiger charge is -2.25. The molecular formula is C14H18. The van der Waals surface area contributed by atoms with Gasteiger partial charge in [-0.15, -0.1) is 0 Å². The topological polar surface area (TPSA) is 0 Å². The lowest BCUT2D eigenvalue weighted by atomic mass is 9.80. The Morgan fingerprint density at radius 3 is 2.36 bits per heavy atom. The average molecular weight is 186 g/mol. The van der Waals surface area contributed by atoms with Crippen LogP contribution in [0, 0.1) is 13.8 Å². The van der Waals surface area contributed by atoms with Crippen molar-refractivity contribution in [3.05, 3.63) is 40.5 Å². The average Bonchev–Trinajstić information content (AvgIpc) is 2.16. The Labute approximate surface area is 86.7 Å². The normalized spacial score (nSPS) is 20.3. The number of aryl methyl sites for hydroxylation is 2. The van der Waals surface area contributed by atoms with Crippen molar-refractivity contribution in [1.82, 2.24) is 0 Å². The van der Waals surface area contributed by atoms with Gasteiger partial charge in [-0.3, -0.25) is 0 Å². The minimum Gasteiger partial charge on any atom is -0.0804 e. The van der Waals surface area contributed by atoms with E-state index in [1.165, 1.54) is 28.7 Å². The van der Waals surface area contributed by atoms with Gasteiger partial charge in [-0.1, -0.05) is 25.1 Å². The zero-order valence-electron chi connectivity index (χ0n) is 9.52. The minimum absolute atomic E-state index is 0.689. The first kappa shape index (κ1) is 9.51. The molecule has 0 spiro atoms. The first-order valence-corrected chi connectivity index (χ1v) is 5.38. The maximum atomic E-state index is 2.37. The van der Waals surface area contributed by atoms with E-state index in [2.05, 4.69) is 45.9 Å². The first-order valence-electron chi connectivity index (χ1n) is 5.38. The van der Waals surface area contributed by atoms with Crippen molar-refractivity contribution in [2.24, 2.45) is 0 Å². The number of hydrogen-bond donors (Lipinski definition) is 0. The van der Waals surface area contributed by atoms with E-state index in [1.54, 1.807) is 5.56 Å². The Hall–Kier alpha value is -1.04. The Morgan fingerprint density at radius 1 is 1.07 bits per heavy atom. The molecule has 0 amide bonds. The van der Waals surface area contributed by atoms with Crippen LogP contribution in [0.2, 0.25) is 0 Å².